The van der Waals surface area contributed by atoms with Crippen molar-refractivity contribution in [2.45, 2.75) is 65.3 Å². The van der Waals surface area contributed by atoms with Gasteiger partial charge in [-0.05, 0) is 33.1 Å². The average Bonchev–Trinajstić information content (AvgIpc) is 2.76. The molecule has 1 fully saturated rings. The fourth-order valence-corrected chi connectivity index (χ4v) is 3.03. The summed E-state index contributed by atoms with van der Waals surface area (Å²) in [4.78, 5) is 12.1. The van der Waals surface area contributed by atoms with Gasteiger partial charge in [0, 0.05) is 0 Å². The molecule has 106 valence electrons. The highest BCUT2D eigenvalue weighted by Gasteiger charge is 2.25. The predicted octanol–water partition coefficient (Wildman–Crippen LogP) is 3.44. The molecule has 1 saturated carbocycles. The molecule has 0 amide bonds. The molecule has 0 N–H and O–H groups in total. The number of carbonyl (C=O) groups is 1. The molecule has 4 heteroatoms. The molecule has 1 aliphatic carbocycles. The van der Waals surface area contributed by atoms with Crippen LogP contribution in [-0.2, 0) is 11.2 Å². The van der Waals surface area contributed by atoms with E-state index in [1.165, 1.54) is 32.1 Å². The van der Waals surface area contributed by atoms with E-state index in [0.29, 0.717) is 18.2 Å². The second-order valence-electron chi connectivity index (χ2n) is 5.22. The maximum atomic E-state index is 12.1. The average molecular weight is 264 g/mol. The Bertz CT molecular complexity index is 445. The minimum absolute atomic E-state index is 0.223. The number of carbonyl (C=O) groups excluding carboxylic acids is 1. The van der Waals surface area contributed by atoms with E-state index in [4.69, 9.17) is 4.74 Å². The first-order valence-electron chi connectivity index (χ1n) is 7.44. The fourth-order valence-electron chi connectivity index (χ4n) is 3.03. The summed E-state index contributed by atoms with van der Waals surface area (Å²) >= 11 is 0. The van der Waals surface area contributed by atoms with Crippen molar-refractivity contribution in [3.63, 3.8) is 0 Å². The Morgan fingerprint density at radius 2 is 2.00 bits per heavy atom. The SMILES string of the molecule is CCOC(=O)c1c(C)nn(C2CCCCC2)c1CC. The molecule has 1 aromatic rings. The Labute approximate surface area is 115 Å². The zero-order valence-electron chi connectivity index (χ0n) is 12.2. The van der Waals surface area contributed by atoms with E-state index in [1.807, 2.05) is 13.8 Å². The van der Waals surface area contributed by atoms with E-state index in [-0.39, 0.29) is 5.97 Å². The molecule has 0 radical (unpaired) electrons. The number of ether oxygens (including phenoxy) is 1. The summed E-state index contributed by atoms with van der Waals surface area (Å²) in [5.41, 5.74) is 2.54. The summed E-state index contributed by atoms with van der Waals surface area (Å²) in [6.45, 7) is 6.24. The van der Waals surface area contributed by atoms with Crippen LogP contribution in [0.15, 0.2) is 0 Å². The van der Waals surface area contributed by atoms with Crippen LogP contribution in [0.4, 0.5) is 0 Å². The highest BCUT2D eigenvalue weighted by atomic mass is 16.5. The van der Waals surface area contributed by atoms with Crippen LogP contribution in [0.5, 0.6) is 0 Å². The molecule has 0 aromatic carbocycles. The van der Waals surface area contributed by atoms with Gasteiger partial charge in [0.25, 0.3) is 0 Å². The highest BCUT2D eigenvalue weighted by molar-refractivity contribution is 5.92. The van der Waals surface area contributed by atoms with Crippen LogP contribution in [0, 0.1) is 6.92 Å². The molecule has 0 spiro atoms. The second kappa shape index (κ2) is 6.22. The van der Waals surface area contributed by atoms with Gasteiger partial charge in [-0.15, -0.1) is 0 Å². The normalized spacial score (nSPS) is 16.6. The third kappa shape index (κ3) is 2.82. The smallest absolute Gasteiger partial charge is 0.341 e. The standard InChI is InChI=1S/C15H24N2O2/c1-4-13-14(15(18)19-5-2)11(3)16-17(13)12-9-7-6-8-10-12/h12H,4-10H2,1-3H3. The molecule has 19 heavy (non-hydrogen) atoms. The van der Waals surface area contributed by atoms with Crippen LogP contribution in [-0.4, -0.2) is 22.4 Å². The van der Waals surface area contributed by atoms with Crippen LogP contribution in [0.2, 0.25) is 0 Å². The highest BCUT2D eigenvalue weighted by Crippen LogP contribution is 2.30. The van der Waals surface area contributed by atoms with Crippen molar-refractivity contribution in [2.75, 3.05) is 6.61 Å². The van der Waals surface area contributed by atoms with E-state index in [1.54, 1.807) is 0 Å². The number of nitrogens with zero attached hydrogens (tertiary/aromatic N) is 2. The van der Waals surface area contributed by atoms with Crippen LogP contribution >= 0.6 is 0 Å². The molecule has 4 nitrogen and oxygen atoms in total. The maximum Gasteiger partial charge on any atom is 0.341 e. The van der Waals surface area contributed by atoms with Crippen molar-refractivity contribution < 1.29 is 9.53 Å². The molecule has 0 aliphatic heterocycles. The van der Waals surface area contributed by atoms with Crippen molar-refractivity contribution in [1.82, 2.24) is 9.78 Å². The third-order valence-electron chi connectivity index (χ3n) is 3.92. The monoisotopic (exact) mass is 264 g/mol. The van der Waals surface area contributed by atoms with Gasteiger partial charge in [-0.2, -0.15) is 5.10 Å². The van der Waals surface area contributed by atoms with Crippen molar-refractivity contribution in [1.29, 1.82) is 0 Å². The summed E-state index contributed by atoms with van der Waals surface area (Å²) in [6.07, 6.45) is 7.03. The van der Waals surface area contributed by atoms with Gasteiger partial charge >= 0.3 is 5.97 Å². The topological polar surface area (TPSA) is 44.1 Å². The third-order valence-corrected chi connectivity index (χ3v) is 3.92. The number of esters is 1. The Morgan fingerprint density at radius 1 is 1.32 bits per heavy atom. The molecule has 0 bridgehead atoms. The first-order valence-corrected chi connectivity index (χ1v) is 7.44. The van der Waals surface area contributed by atoms with E-state index < -0.39 is 0 Å². The van der Waals surface area contributed by atoms with Crippen molar-refractivity contribution >= 4 is 5.97 Å². The fraction of sp³-hybridized carbons (Fsp3) is 0.733. The lowest BCUT2D eigenvalue weighted by Crippen LogP contribution is -2.17. The van der Waals surface area contributed by atoms with Crippen molar-refractivity contribution in [3.8, 4) is 0 Å². The summed E-state index contributed by atoms with van der Waals surface area (Å²) in [7, 11) is 0. The van der Waals surface area contributed by atoms with Gasteiger partial charge in [0.2, 0.25) is 0 Å². The van der Waals surface area contributed by atoms with Gasteiger partial charge in [0.15, 0.2) is 0 Å². The van der Waals surface area contributed by atoms with Gasteiger partial charge in [0.05, 0.1) is 24.0 Å². The van der Waals surface area contributed by atoms with Crippen LogP contribution in [0.3, 0.4) is 0 Å². The lowest BCUT2D eigenvalue weighted by Gasteiger charge is -2.24. The summed E-state index contributed by atoms with van der Waals surface area (Å²) < 4.78 is 7.26. The van der Waals surface area contributed by atoms with E-state index in [0.717, 1.165) is 17.8 Å². The predicted molar refractivity (Wildman–Crippen MR) is 74.4 cm³/mol. The Kier molecular flexibility index (Phi) is 4.61. The van der Waals surface area contributed by atoms with Crippen molar-refractivity contribution in [3.05, 3.63) is 17.0 Å². The molecule has 1 heterocycles. The maximum absolute atomic E-state index is 12.1. The number of aromatic nitrogens is 2. The van der Waals surface area contributed by atoms with E-state index in [2.05, 4.69) is 16.7 Å². The number of hydrogen-bond donors (Lipinski definition) is 0. The summed E-state index contributed by atoms with van der Waals surface area (Å²) in [5.74, 6) is -0.223. The Hall–Kier alpha value is -1.32. The molecule has 0 saturated heterocycles. The second-order valence-corrected chi connectivity index (χ2v) is 5.22. The lowest BCUT2D eigenvalue weighted by atomic mass is 9.95. The largest absolute Gasteiger partial charge is 0.462 e. The molecular formula is C15H24N2O2. The molecule has 1 aromatic heterocycles. The number of aryl methyl sites for hydroxylation is 1. The van der Waals surface area contributed by atoms with Gasteiger partial charge in [0.1, 0.15) is 5.56 Å². The number of rotatable bonds is 4. The van der Waals surface area contributed by atoms with Crippen molar-refractivity contribution in [2.24, 2.45) is 0 Å². The minimum Gasteiger partial charge on any atom is -0.462 e. The zero-order chi connectivity index (χ0) is 13.8. The van der Waals surface area contributed by atoms with Gasteiger partial charge in [-0.25, -0.2) is 4.79 Å². The van der Waals surface area contributed by atoms with Gasteiger partial charge in [-0.1, -0.05) is 26.2 Å². The molecular weight excluding hydrogens is 240 g/mol. The van der Waals surface area contributed by atoms with Crippen LogP contribution in [0.25, 0.3) is 0 Å². The Balaban J connectivity index is 2.34. The molecule has 1 aliphatic rings. The van der Waals surface area contributed by atoms with E-state index >= 15 is 0 Å². The lowest BCUT2D eigenvalue weighted by molar-refractivity contribution is 0.0524. The molecule has 0 unspecified atom stereocenters. The summed E-state index contributed by atoms with van der Waals surface area (Å²) in [6, 6.07) is 0.463. The first kappa shape index (κ1) is 14.1. The molecule has 2 rings (SSSR count). The zero-order valence-corrected chi connectivity index (χ0v) is 12.2. The summed E-state index contributed by atoms with van der Waals surface area (Å²) in [5, 5.41) is 4.62. The molecule has 0 atom stereocenters. The van der Waals surface area contributed by atoms with Gasteiger partial charge < -0.3 is 4.74 Å². The van der Waals surface area contributed by atoms with Crippen LogP contribution < -0.4 is 0 Å². The number of hydrogen-bond acceptors (Lipinski definition) is 3. The quantitative estimate of drug-likeness (QED) is 0.782. The first-order chi connectivity index (χ1) is 9.19. The Morgan fingerprint density at radius 3 is 2.58 bits per heavy atom. The van der Waals surface area contributed by atoms with Gasteiger partial charge in [-0.3, -0.25) is 4.68 Å². The minimum atomic E-state index is -0.223. The van der Waals surface area contributed by atoms with E-state index in [9.17, 15) is 4.79 Å². The van der Waals surface area contributed by atoms with Crippen LogP contribution in [0.1, 0.15) is 73.7 Å².